The van der Waals surface area contributed by atoms with Crippen LogP contribution in [0.15, 0.2) is 0 Å². The summed E-state index contributed by atoms with van der Waals surface area (Å²) in [6.07, 6.45) is 6.29. The van der Waals surface area contributed by atoms with Crippen LogP contribution < -0.4 is 5.32 Å². The molecule has 1 N–H and O–H groups in total. The number of thiophene rings is 1. The molecule has 6 heteroatoms. The highest BCUT2D eigenvalue weighted by Crippen LogP contribution is 2.38. The van der Waals surface area contributed by atoms with Crippen LogP contribution in [0.2, 0.25) is 0 Å². The number of carbonyl (C=O) groups is 2. The zero-order valence-electron chi connectivity index (χ0n) is 14.4. The molecule has 1 aliphatic carbocycles. The molecule has 24 heavy (non-hydrogen) atoms. The zero-order chi connectivity index (χ0) is 17.1. The molecule has 1 saturated heterocycles. The van der Waals surface area contributed by atoms with Crippen LogP contribution >= 0.6 is 11.3 Å². The zero-order valence-corrected chi connectivity index (χ0v) is 15.2. The topological polar surface area (TPSA) is 64.6 Å². The van der Waals surface area contributed by atoms with Crippen LogP contribution in [-0.2, 0) is 27.1 Å². The van der Waals surface area contributed by atoms with Gasteiger partial charge in [-0.2, -0.15) is 0 Å². The first-order chi connectivity index (χ1) is 11.6. The number of hydrogen-bond acceptors (Lipinski definition) is 5. The van der Waals surface area contributed by atoms with E-state index in [0.29, 0.717) is 17.2 Å². The van der Waals surface area contributed by atoms with E-state index in [1.54, 1.807) is 0 Å². The summed E-state index contributed by atoms with van der Waals surface area (Å²) in [5.74, 6) is -0.477. The molecule has 1 atom stereocenters. The summed E-state index contributed by atoms with van der Waals surface area (Å²) in [7, 11) is 0. The van der Waals surface area contributed by atoms with Crippen molar-refractivity contribution in [2.24, 2.45) is 0 Å². The molecule has 0 aromatic carbocycles. The minimum absolute atomic E-state index is 0.150. The second-order valence-electron chi connectivity index (χ2n) is 6.71. The molecule has 1 amide bonds. The summed E-state index contributed by atoms with van der Waals surface area (Å²) < 4.78 is 10.9. The molecule has 0 radical (unpaired) electrons. The van der Waals surface area contributed by atoms with Gasteiger partial charge in [0.2, 0.25) is 0 Å². The molecular weight excluding hydrogens is 326 g/mol. The Kier molecular flexibility index (Phi) is 5.56. The van der Waals surface area contributed by atoms with Gasteiger partial charge in [-0.05, 0) is 57.9 Å². The number of hydrogen-bond donors (Lipinski definition) is 1. The lowest BCUT2D eigenvalue weighted by Gasteiger charge is -2.13. The molecule has 1 aromatic heterocycles. The minimum atomic E-state index is -0.402. The van der Waals surface area contributed by atoms with Gasteiger partial charge < -0.3 is 14.8 Å². The van der Waals surface area contributed by atoms with Crippen molar-refractivity contribution < 1.29 is 19.1 Å². The lowest BCUT2D eigenvalue weighted by Crippen LogP contribution is -2.27. The fraction of sp³-hybridized carbons (Fsp3) is 0.667. The van der Waals surface area contributed by atoms with Gasteiger partial charge in [-0.25, -0.2) is 4.79 Å². The summed E-state index contributed by atoms with van der Waals surface area (Å²) in [4.78, 5) is 26.3. The van der Waals surface area contributed by atoms with E-state index in [9.17, 15) is 9.59 Å². The van der Waals surface area contributed by atoms with Gasteiger partial charge in [-0.1, -0.05) is 6.42 Å². The Balaban J connectivity index is 1.88. The molecule has 2 heterocycles. The molecule has 5 nitrogen and oxygen atoms in total. The van der Waals surface area contributed by atoms with Crippen LogP contribution in [0, 0.1) is 0 Å². The number of nitrogens with one attached hydrogen (secondary N) is 1. The summed E-state index contributed by atoms with van der Waals surface area (Å²) in [5.41, 5.74) is 1.64. The number of amides is 1. The SMILES string of the molecule is CC(C)OC(=O)c1c(NC(=O)[C@@H]2CCCO2)sc2c1CCCCC2. The van der Waals surface area contributed by atoms with Gasteiger partial charge in [-0.15, -0.1) is 11.3 Å². The first-order valence-electron chi connectivity index (χ1n) is 8.84. The highest BCUT2D eigenvalue weighted by molar-refractivity contribution is 7.17. The highest BCUT2D eigenvalue weighted by Gasteiger charge is 2.30. The van der Waals surface area contributed by atoms with Gasteiger partial charge in [-0.3, -0.25) is 4.79 Å². The Labute approximate surface area is 146 Å². The molecular formula is C18H25NO4S. The maximum atomic E-state index is 12.6. The van der Waals surface area contributed by atoms with E-state index in [1.807, 2.05) is 13.8 Å². The highest BCUT2D eigenvalue weighted by atomic mass is 32.1. The number of esters is 1. The number of anilines is 1. The van der Waals surface area contributed by atoms with Crippen LogP contribution in [0.4, 0.5) is 5.00 Å². The third kappa shape index (κ3) is 3.81. The maximum absolute atomic E-state index is 12.6. The molecule has 3 rings (SSSR count). The van der Waals surface area contributed by atoms with Crippen molar-refractivity contribution in [1.82, 2.24) is 0 Å². The smallest absolute Gasteiger partial charge is 0.341 e. The lowest BCUT2D eigenvalue weighted by molar-refractivity contribution is -0.124. The van der Waals surface area contributed by atoms with Crippen LogP contribution in [0.3, 0.4) is 0 Å². The van der Waals surface area contributed by atoms with Gasteiger partial charge in [0.1, 0.15) is 11.1 Å². The Morgan fingerprint density at radius 1 is 1.21 bits per heavy atom. The van der Waals surface area contributed by atoms with E-state index < -0.39 is 6.10 Å². The Hall–Kier alpha value is -1.40. The normalized spacial score (nSPS) is 20.5. The largest absolute Gasteiger partial charge is 0.459 e. The van der Waals surface area contributed by atoms with E-state index in [0.717, 1.165) is 44.1 Å². The van der Waals surface area contributed by atoms with Crippen molar-refractivity contribution in [1.29, 1.82) is 0 Å². The van der Waals surface area contributed by atoms with E-state index in [-0.39, 0.29) is 18.0 Å². The summed E-state index contributed by atoms with van der Waals surface area (Å²) >= 11 is 1.53. The van der Waals surface area contributed by atoms with E-state index in [2.05, 4.69) is 5.32 Å². The minimum Gasteiger partial charge on any atom is -0.459 e. The van der Waals surface area contributed by atoms with Crippen LogP contribution in [0.25, 0.3) is 0 Å². The van der Waals surface area contributed by atoms with Gasteiger partial charge in [0.05, 0.1) is 11.7 Å². The lowest BCUT2D eigenvalue weighted by atomic mass is 10.1. The standard InChI is InChI=1S/C18H25NO4S/c1-11(2)23-18(21)15-12-7-4-3-5-9-14(12)24-17(15)19-16(20)13-8-6-10-22-13/h11,13H,3-10H2,1-2H3,(H,19,20)/t13-/m0/s1. The van der Waals surface area contributed by atoms with Crippen molar-refractivity contribution in [3.05, 3.63) is 16.0 Å². The second-order valence-corrected chi connectivity index (χ2v) is 7.82. The Morgan fingerprint density at radius 3 is 2.71 bits per heavy atom. The Bertz CT molecular complexity index is 617. The molecule has 0 unspecified atom stereocenters. The van der Waals surface area contributed by atoms with Crippen molar-refractivity contribution in [3.8, 4) is 0 Å². The van der Waals surface area contributed by atoms with Crippen molar-refractivity contribution >= 4 is 28.2 Å². The summed E-state index contributed by atoms with van der Waals surface area (Å²) in [6.45, 7) is 4.31. The fourth-order valence-corrected chi connectivity index (χ4v) is 4.58. The van der Waals surface area contributed by atoms with Gasteiger partial charge in [0.25, 0.3) is 5.91 Å². The average Bonchev–Trinajstić information content (AvgIpc) is 3.10. The molecule has 1 fully saturated rings. The van der Waals surface area contributed by atoms with E-state index >= 15 is 0 Å². The second kappa shape index (κ2) is 7.66. The predicted molar refractivity (Wildman–Crippen MR) is 93.7 cm³/mol. The molecule has 0 saturated carbocycles. The van der Waals surface area contributed by atoms with Gasteiger partial charge >= 0.3 is 5.97 Å². The number of rotatable bonds is 4. The van der Waals surface area contributed by atoms with Crippen molar-refractivity contribution in [3.63, 3.8) is 0 Å². The van der Waals surface area contributed by atoms with Gasteiger partial charge in [0.15, 0.2) is 0 Å². The van der Waals surface area contributed by atoms with Gasteiger partial charge in [0, 0.05) is 11.5 Å². The maximum Gasteiger partial charge on any atom is 0.341 e. The number of ether oxygens (including phenoxy) is 2. The molecule has 0 bridgehead atoms. The third-order valence-corrected chi connectivity index (χ3v) is 5.63. The van der Waals surface area contributed by atoms with Crippen LogP contribution in [-0.4, -0.2) is 30.7 Å². The van der Waals surface area contributed by atoms with Crippen molar-refractivity contribution in [2.75, 3.05) is 11.9 Å². The number of aryl methyl sites for hydroxylation is 1. The molecule has 0 spiro atoms. The summed E-state index contributed by atoms with van der Waals surface area (Å²) in [6, 6.07) is 0. The monoisotopic (exact) mass is 351 g/mol. The summed E-state index contributed by atoms with van der Waals surface area (Å²) in [5, 5.41) is 3.57. The molecule has 1 aliphatic heterocycles. The molecule has 132 valence electrons. The molecule has 2 aliphatic rings. The fourth-order valence-electron chi connectivity index (χ4n) is 3.30. The van der Waals surface area contributed by atoms with E-state index in [4.69, 9.17) is 9.47 Å². The average molecular weight is 351 g/mol. The first-order valence-corrected chi connectivity index (χ1v) is 9.66. The predicted octanol–water partition coefficient (Wildman–Crippen LogP) is 3.70. The Morgan fingerprint density at radius 2 is 2.00 bits per heavy atom. The third-order valence-electron chi connectivity index (χ3n) is 4.43. The first kappa shape index (κ1) is 17.4. The van der Waals surface area contributed by atoms with Crippen molar-refractivity contribution in [2.45, 2.75) is 71.0 Å². The molecule has 1 aromatic rings. The van der Waals surface area contributed by atoms with Crippen LogP contribution in [0.1, 0.15) is 66.8 Å². The number of carbonyl (C=O) groups excluding carboxylic acids is 2. The van der Waals surface area contributed by atoms with Crippen LogP contribution in [0.5, 0.6) is 0 Å². The van der Waals surface area contributed by atoms with E-state index in [1.165, 1.54) is 22.6 Å². The quantitative estimate of drug-likeness (QED) is 0.663. The number of fused-ring (bicyclic) bond motifs is 1.